The van der Waals surface area contributed by atoms with Crippen LogP contribution in [-0.4, -0.2) is 63.9 Å². The molecule has 27 heavy (non-hydrogen) atoms. The Bertz CT molecular complexity index is 766. The summed E-state index contributed by atoms with van der Waals surface area (Å²) in [6.07, 6.45) is 5.34. The van der Waals surface area contributed by atoms with Gasteiger partial charge in [0.15, 0.2) is 0 Å². The SMILES string of the molecule is COc1ccc(OC)c(S(=O)(=O)N2CCN(C(=O)C3CCCCC3)CC2)c1. The number of carbonyl (C=O) groups is 1. The Hall–Kier alpha value is -1.80. The van der Waals surface area contributed by atoms with Gasteiger partial charge in [-0.2, -0.15) is 4.31 Å². The van der Waals surface area contributed by atoms with Crippen molar-refractivity contribution in [2.45, 2.75) is 37.0 Å². The fourth-order valence-electron chi connectivity index (χ4n) is 3.88. The van der Waals surface area contributed by atoms with Crippen LogP contribution in [0.3, 0.4) is 0 Å². The molecule has 2 aliphatic rings. The van der Waals surface area contributed by atoms with Crippen molar-refractivity contribution in [2.75, 3.05) is 40.4 Å². The van der Waals surface area contributed by atoms with Crippen molar-refractivity contribution in [2.24, 2.45) is 5.92 Å². The third-order valence-corrected chi connectivity index (χ3v) is 7.41. The molecule has 1 aliphatic heterocycles. The largest absolute Gasteiger partial charge is 0.497 e. The van der Waals surface area contributed by atoms with Crippen LogP contribution in [0.25, 0.3) is 0 Å². The topological polar surface area (TPSA) is 76.2 Å². The maximum absolute atomic E-state index is 13.1. The van der Waals surface area contributed by atoms with Crippen molar-refractivity contribution >= 4 is 15.9 Å². The van der Waals surface area contributed by atoms with E-state index in [1.54, 1.807) is 12.1 Å². The van der Waals surface area contributed by atoms with Crippen LogP contribution >= 0.6 is 0 Å². The van der Waals surface area contributed by atoms with Crippen LogP contribution in [0, 0.1) is 5.92 Å². The maximum Gasteiger partial charge on any atom is 0.247 e. The second kappa shape index (κ2) is 8.48. The fourth-order valence-corrected chi connectivity index (χ4v) is 5.47. The van der Waals surface area contributed by atoms with Crippen LogP contribution in [0.15, 0.2) is 23.1 Å². The molecule has 0 unspecified atom stereocenters. The zero-order valence-corrected chi connectivity index (χ0v) is 16.8. The van der Waals surface area contributed by atoms with E-state index in [1.165, 1.54) is 31.0 Å². The molecule has 2 fully saturated rings. The van der Waals surface area contributed by atoms with Crippen LogP contribution < -0.4 is 9.47 Å². The minimum Gasteiger partial charge on any atom is -0.497 e. The van der Waals surface area contributed by atoms with E-state index in [1.807, 2.05) is 4.90 Å². The average Bonchev–Trinajstić information content (AvgIpc) is 2.73. The highest BCUT2D eigenvalue weighted by Gasteiger charge is 2.34. The predicted octanol–water partition coefficient (Wildman–Crippen LogP) is 2.12. The number of amides is 1. The van der Waals surface area contributed by atoms with Crippen molar-refractivity contribution in [3.05, 3.63) is 18.2 Å². The molecule has 1 saturated carbocycles. The Morgan fingerprint density at radius 3 is 2.26 bits per heavy atom. The number of benzene rings is 1. The Morgan fingerprint density at radius 2 is 1.67 bits per heavy atom. The molecule has 1 aromatic carbocycles. The van der Waals surface area contributed by atoms with Gasteiger partial charge in [-0.05, 0) is 25.0 Å². The molecule has 0 bridgehead atoms. The van der Waals surface area contributed by atoms with Crippen LogP contribution in [0.4, 0.5) is 0 Å². The van der Waals surface area contributed by atoms with Crippen LogP contribution in [0.1, 0.15) is 32.1 Å². The lowest BCUT2D eigenvalue weighted by Crippen LogP contribution is -2.52. The van der Waals surface area contributed by atoms with Gasteiger partial charge in [-0.25, -0.2) is 8.42 Å². The first-order valence-corrected chi connectivity index (χ1v) is 10.9. The first-order valence-electron chi connectivity index (χ1n) is 9.48. The molecule has 150 valence electrons. The summed E-state index contributed by atoms with van der Waals surface area (Å²) in [6, 6.07) is 4.74. The van der Waals surface area contributed by atoms with E-state index in [0.29, 0.717) is 31.9 Å². The van der Waals surface area contributed by atoms with E-state index in [2.05, 4.69) is 0 Å². The highest BCUT2D eigenvalue weighted by Crippen LogP contribution is 2.31. The van der Waals surface area contributed by atoms with Gasteiger partial charge in [0.05, 0.1) is 14.2 Å². The number of carbonyl (C=O) groups excluding carboxylic acids is 1. The second-order valence-electron chi connectivity index (χ2n) is 7.08. The molecule has 1 aromatic rings. The summed E-state index contributed by atoms with van der Waals surface area (Å²) in [5.41, 5.74) is 0. The van der Waals surface area contributed by atoms with Gasteiger partial charge < -0.3 is 14.4 Å². The van der Waals surface area contributed by atoms with Crippen LogP contribution in [0.2, 0.25) is 0 Å². The standard InChI is InChI=1S/C19H28N2O5S/c1-25-16-8-9-17(26-2)18(14-16)27(23,24)21-12-10-20(11-13-21)19(22)15-6-4-3-5-7-15/h8-9,14-15H,3-7,10-13H2,1-2H3. The lowest BCUT2D eigenvalue weighted by Gasteiger charge is -2.36. The first-order chi connectivity index (χ1) is 13.0. The Kier molecular flexibility index (Phi) is 6.26. The van der Waals surface area contributed by atoms with Crippen molar-refractivity contribution in [1.29, 1.82) is 0 Å². The molecule has 1 saturated heterocycles. The number of methoxy groups -OCH3 is 2. The second-order valence-corrected chi connectivity index (χ2v) is 8.99. The molecule has 0 aromatic heterocycles. The number of rotatable bonds is 5. The molecule has 1 heterocycles. The molecule has 0 N–H and O–H groups in total. The maximum atomic E-state index is 13.1. The number of piperazine rings is 1. The van der Waals surface area contributed by atoms with Crippen LogP contribution in [-0.2, 0) is 14.8 Å². The Morgan fingerprint density at radius 1 is 1.00 bits per heavy atom. The molecule has 7 nitrogen and oxygen atoms in total. The van der Waals surface area contributed by atoms with E-state index in [4.69, 9.17) is 9.47 Å². The third kappa shape index (κ3) is 4.21. The van der Waals surface area contributed by atoms with E-state index < -0.39 is 10.0 Å². The van der Waals surface area contributed by atoms with Gasteiger partial charge in [-0.3, -0.25) is 4.79 Å². The molecular weight excluding hydrogens is 368 g/mol. The molecule has 0 radical (unpaired) electrons. The number of hydrogen-bond donors (Lipinski definition) is 0. The molecule has 0 atom stereocenters. The predicted molar refractivity (Wildman–Crippen MR) is 101 cm³/mol. The molecule has 3 rings (SSSR count). The molecular formula is C19H28N2O5S. The van der Waals surface area contributed by atoms with Crippen molar-refractivity contribution < 1.29 is 22.7 Å². The fraction of sp³-hybridized carbons (Fsp3) is 0.632. The summed E-state index contributed by atoms with van der Waals surface area (Å²) >= 11 is 0. The lowest BCUT2D eigenvalue weighted by molar-refractivity contribution is -0.137. The molecule has 0 spiro atoms. The van der Waals surface area contributed by atoms with E-state index >= 15 is 0 Å². The number of nitrogens with zero attached hydrogens (tertiary/aromatic N) is 2. The number of sulfonamides is 1. The van der Waals surface area contributed by atoms with Gasteiger partial charge in [0.2, 0.25) is 15.9 Å². The summed E-state index contributed by atoms with van der Waals surface area (Å²) in [5.74, 6) is 1.04. The monoisotopic (exact) mass is 396 g/mol. The minimum atomic E-state index is -3.72. The van der Waals surface area contributed by atoms with Crippen molar-refractivity contribution in [3.63, 3.8) is 0 Å². The van der Waals surface area contributed by atoms with Crippen LogP contribution in [0.5, 0.6) is 11.5 Å². The summed E-state index contributed by atoms with van der Waals surface area (Å²) in [5, 5.41) is 0. The normalized spacial score (nSPS) is 19.7. The average molecular weight is 397 g/mol. The van der Waals surface area contributed by atoms with Gasteiger partial charge in [0, 0.05) is 38.2 Å². The molecule has 1 amide bonds. The van der Waals surface area contributed by atoms with E-state index in [9.17, 15) is 13.2 Å². The summed E-state index contributed by atoms with van der Waals surface area (Å²) in [6.45, 7) is 1.45. The lowest BCUT2D eigenvalue weighted by atomic mass is 9.88. The van der Waals surface area contributed by atoms with E-state index in [-0.39, 0.29) is 22.5 Å². The highest BCUT2D eigenvalue weighted by molar-refractivity contribution is 7.89. The number of hydrogen-bond acceptors (Lipinski definition) is 5. The van der Waals surface area contributed by atoms with Gasteiger partial charge in [0.25, 0.3) is 0 Å². The van der Waals surface area contributed by atoms with Crippen molar-refractivity contribution in [3.8, 4) is 11.5 Å². The Labute approximate surface area is 161 Å². The molecule has 1 aliphatic carbocycles. The Balaban J connectivity index is 1.70. The summed E-state index contributed by atoms with van der Waals surface area (Å²) in [7, 11) is -0.781. The van der Waals surface area contributed by atoms with Gasteiger partial charge >= 0.3 is 0 Å². The zero-order valence-electron chi connectivity index (χ0n) is 16.0. The van der Waals surface area contributed by atoms with Gasteiger partial charge in [-0.15, -0.1) is 0 Å². The highest BCUT2D eigenvalue weighted by atomic mass is 32.2. The van der Waals surface area contributed by atoms with Gasteiger partial charge in [-0.1, -0.05) is 19.3 Å². The molecule has 8 heteroatoms. The first kappa shape index (κ1) is 19.9. The summed E-state index contributed by atoms with van der Waals surface area (Å²) in [4.78, 5) is 14.6. The zero-order chi connectivity index (χ0) is 19.4. The minimum absolute atomic E-state index is 0.0939. The van der Waals surface area contributed by atoms with Gasteiger partial charge in [0.1, 0.15) is 16.4 Å². The van der Waals surface area contributed by atoms with Crippen molar-refractivity contribution in [1.82, 2.24) is 9.21 Å². The summed E-state index contributed by atoms with van der Waals surface area (Å²) < 4.78 is 38.0. The smallest absolute Gasteiger partial charge is 0.247 e. The number of ether oxygens (including phenoxy) is 2. The quantitative estimate of drug-likeness (QED) is 0.762. The third-order valence-electron chi connectivity index (χ3n) is 5.49. The van der Waals surface area contributed by atoms with E-state index in [0.717, 1.165) is 25.7 Å².